The molecule has 5 rings (SSSR count). The summed E-state index contributed by atoms with van der Waals surface area (Å²) in [5, 5.41) is 0. The van der Waals surface area contributed by atoms with Crippen molar-refractivity contribution in [1.29, 1.82) is 0 Å². The number of rotatable bonds is 2. The Kier molecular flexibility index (Phi) is 2.72. The van der Waals surface area contributed by atoms with E-state index in [9.17, 15) is 4.79 Å². The molecule has 0 aromatic heterocycles. The normalized spacial score (nSPS) is 31.0. The Labute approximate surface area is 136 Å². The first kappa shape index (κ1) is 13.1. The summed E-state index contributed by atoms with van der Waals surface area (Å²) in [6, 6.07) is 21.4. The van der Waals surface area contributed by atoms with Crippen LogP contribution in [0.5, 0.6) is 0 Å². The van der Waals surface area contributed by atoms with Gasteiger partial charge in [0.1, 0.15) is 0 Å². The van der Waals surface area contributed by atoms with Crippen molar-refractivity contribution in [3.63, 3.8) is 0 Å². The second kappa shape index (κ2) is 4.79. The van der Waals surface area contributed by atoms with Gasteiger partial charge < -0.3 is 0 Å². The smallest absolute Gasteiger partial charge is 0.159 e. The molecule has 1 saturated carbocycles. The van der Waals surface area contributed by atoms with Crippen LogP contribution >= 0.6 is 0 Å². The van der Waals surface area contributed by atoms with Crippen molar-refractivity contribution in [3.05, 3.63) is 83.9 Å². The molecule has 2 unspecified atom stereocenters. The standard InChI is InChI=1S/C22H18O/c23-19-12-11-16-17-13-18(22(16)19)21(15-9-5-2-6-10-15)20(17)14-7-3-1-4-8-14/h1-12,16-18,22H,13H2/t16?,17-,18-,22?/m1/s1. The molecule has 112 valence electrons. The third kappa shape index (κ3) is 1.77. The molecule has 0 spiro atoms. The molecule has 4 atom stereocenters. The maximum absolute atomic E-state index is 12.4. The van der Waals surface area contributed by atoms with E-state index in [-0.39, 0.29) is 5.92 Å². The highest BCUT2D eigenvalue weighted by atomic mass is 16.1. The molecule has 23 heavy (non-hydrogen) atoms. The number of benzene rings is 2. The van der Waals surface area contributed by atoms with Gasteiger partial charge in [0, 0.05) is 5.92 Å². The average molecular weight is 298 g/mol. The van der Waals surface area contributed by atoms with Crippen molar-refractivity contribution in [3.8, 4) is 0 Å². The fraction of sp³-hybridized carbons (Fsp3) is 0.227. The molecule has 1 fully saturated rings. The molecule has 0 aliphatic heterocycles. The van der Waals surface area contributed by atoms with Crippen molar-refractivity contribution in [1.82, 2.24) is 0 Å². The van der Waals surface area contributed by atoms with Gasteiger partial charge in [-0.1, -0.05) is 66.7 Å². The van der Waals surface area contributed by atoms with Crippen LogP contribution < -0.4 is 0 Å². The van der Waals surface area contributed by atoms with E-state index in [1.54, 1.807) is 0 Å². The van der Waals surface area contributed by atoms with E-state index in [4.69, 9.17) is 0 Å². The minimum absolute atomic E-state index is 0.183. The molecule has 3 aliphatic carbocycles. The summed E-state index contributed by atoms with van der Waals surface area (Å²) in [5.41, 5.74) is 5.50. The number of ketones is 1. The zero-order valence-corrected chi connectivity index (χ0v) is 12.9. The largest absolute Gasteiger partial charge is 0.295 e. The highest BCUT2D eigenvalue weighted by molar-refractivity contribution is 6.04. The van der Waals surface area contributed by atoms with Crippen LogP contribution in [0.1, 0.15) is 17.5 Å². The fourth-order valence-electron chi connectivity index (χ4n) is 5.04. The lowest BCUT2D eigenvalue weighted by atomic mass is 9.73. The summed E-state index contributed by atoms with van der Waals surface area (Å²) in [4.78, 5) is 12.4. The zero-order chi connectivity index (χ0) is 15.4. The lowest BCUT2D eigenvalue weighted by Crippen LogP contribution is -2.24. The van der Waals surface area contributed by atoms with Gasteiger partial charge in [0.15, 0.2) is 5.78 Å². The molecule has 2 aromatic carbocycles. The number of hydrogen-bond donors (Lipinski definition) is 0. The summed E-state index contributed by atoms with van der Waals surface area (Å²) in [6.45, 7) is 0. The molecule has 3 aliphatic rings. The highest BCUT2D eigenvalue weighted by Gasteiger charge is 2.55. The first-order valence-corrected chi connectivity index (χ1v) is 8.41. The van der Waals surface area contributed by atoms with Crippen molar-refractivity contribution in [2.45, 2.75) is 6.42 Å². The highest BCUT2D eigenvalue weighted by Crippen LogP contribution is 2.63. The summed E-state index contributed by atoms with van der Waals surface area (Å²) >= 11 is 0. The van der Waals surface area contributed by atoms with Crippen LogP contribution in [0.2, 0.25) is 0 Å². The Morgan fingerprint density at radius 3 is 1.91 bits per heavy atom. The predicted molar refractivity (Wildman–Crippen MR) is 92.4 cm³/mol. The van der Waals surface area contributed by atoms with Gasteiger partial charge in [-0.05, 0) is 52.5 Å². The number of hydrogen-bond acceptors (Lipinski definition) is 1. The molecule has 1 heteroatoms. The lowest BCUT2D eigenvalue weighted by Gasteiger charge is -2.29. The quantitative estimate of drug-likeness (QED) is 0.790. The summed E-state index contributed by atoms with van der Waals surface area (Å²) in [7, 11) is 0. The van der Waals surface area contributed by atoms with Gasteiger partial charge >= 0.3 is 0 Å². The Morgan fingerprint density at radius 2 is 1.30 bits per heavy atom. The molecule has 1 nitrogen and oxygen atoms in total. The maximum Gasteiger partial charge on any atom is 0.159 e. The van der Waals surface area contributed by atoms with E-state index in [1.807, 2.05) is 6.08 Å². The van der Waals surface area contributed by atoms with Crippen LogP contribution in [-0.2, 0) is 4.79 Å². The van der Waals surface area contributed by atoms with E-state index in [0.717, 1.165) is 6.42 Å². The number of allylic oxidation sites excluding steroid dienone is 4. The second-order valence-corrected chi connectivity index (χ2v) is 6.87. The summed E-state index contributed by atoms with van der Waals surface area (Å²) in [6.07, 6.45) is 5.12. The molecule has 2 bridgehead atoms. The Morgan fingerprint density at radius 1 is 0.739 bits per heavy atom. The molecule has 2 aromatic rings. The van der Waals surface area contributed by atoms with Crippen LogP contribution in [-0.4, -0.2) is 5.78 Å². The monoisotopic (exact) mass is 298 g/mol. The van der Waals surface area contributed by atoms with Gasteiger partial charge in [0.05, 0.1) is 0 Å². The van der Waals surface area contributed by atoms with Gasteiger partial charge in [-0.15, -0.1) is 0 Å². The predicted octanol–water partition coefficient (Wildman–Crippen LogP) is 4.62. The van der Waals surface area contributed by atoms with E-state index < -0.39 is 0 Å². The minimum Gasteiger partial charge on any atom is -0.295 e. The van der Waals surface area contributed by atoms with E-state index in [1.165, 1.54) is 22.3 Å². The Bertz CT molecular complexity index is 787. The molecule has 0 N–H and O–H groups in total. The maximum atomic E-state index is 12.4. The van der Waals surface area contributed by atoms with E-state index in [2.05, 4.69) is 66.7 Å². The SMILES string of the molecule is O=C1C=CC2C1[C@@H]1C[C@H]2C(c2ccccc2)=C1c1ccccc1. The average Bonchev–Trinajstić information content (AvgIpc) is 3.28. The lowest BCUT2D eigenvalue weighted by molar-refractivity contribution is -0.118. The van der Waals surface area contributed by atoms with Crippen molar-refractivity contribution >= 4 is 16.9 Å². The zero-order valence-electron chi connectivity index (χ0n) is 12.9. The van der Waals surface area contributed by atoms with E-state index >= 15 is 0 Å². The Hall–Kier alpha value is -2.41. The van der Waals surface area contributed by atoms with Gasteiger partial charge in [-0.3, -0.25) is 4.79 Å². The second-order valence-electron chi connectivity index (χ2n) is 6.87. The van der Waals surface area contributed by atoms with Crippen LogP contribution in [0.15, 0.2) is 72.8 Å². The first-order chi connectivity index (χ1) is 11.3. The first-order valence-electron chi connectivity index (χ1n) is 8.41. The third-order valence-electron chi connectivity index (χ3n) is 5.83. The molecule has 0 saturated heterocycles. The number of carbonyl (C=O) groups is 1. The van der Waals surface area contributed by atoms with Crippen LogP contribution in [0.25, 0.3) is 11.1 Å². The minimum atomic E-state index is 0.183. The van der Waals surface area contributed by atoms with E-state index in [0.29, 0.717) is 23.5 Å². The van der Waals surface area contributed by atoms with Gasteiger partial charge in [0.2, 0.25) is 0 Å². The number of fused-ring (bicyclic) bond motifs is 5. The fourth-order valence-corrected chi connectivity index (χ4v) is 5.04. The van der Waals surface area contributed by atoms with Crippen LogP contribution in [0.4, 0.5) is 0 Å². The number of carbonyl (C=O) groups excluding carboxylic acids is 1. The van der Waals surface area contributed by atoms with Gasteiger partial charge in [0.25, 0.3) is 0 Å². The molecule has 0 radical (unpaired) electrons. The van der Waals surface area contributed by atoms with Crippen molar-refractivity contribution in [2.75, 3.05) is 0 Å². The van der Waals surface area contributed by atoms with Crippen LogP contribution in [0.3, 0.4) is 0 Å². The topological polar surface area (TPSA) is 17.1 Å². The molecule has 0 heterocycles. The van der Waals surface area contributed by atoms with Crippen molar-refractivity contribution < 1.29 is 4.79 Å². The Balaban J connectivity index is 1.74. The van der Waals surface area contributed by atoms with Crippen molar-refractivity contribution in [2.24, 2.45) is 23.7 Å². The molecule has 0 amide bonds. The molecular weight excluding hydrogens is 280 g/mol. The van der Waals surface area contributed by atoms with Gasteiger partial charge in [-0.25, -0.2) is 0 Å². The third-order valence-corrected chi connectivity index (χ3v) is 5.83. The van der Waals surface area contributed by atoms with Crippen LogP contribution in [0, 0.1) is 23.7 Å². The van der Waals surface area contributed by atoms with Gasteiger partial charge in [-0.2, -0.15) is 0 Å². The molecular formula is C22H18O. The summed E-state index contributed by atoms with van der Waals surface area (Å²) < 4.78 is 0. The summed E-state index contributed by atoms with van der Waals surface area (Å²) in [5.74, 6) is 1.80.